The third-order valence-electron chi connectivity index (χ3n) is 2.74. The molecule has 1 unspecified atom stereocenters. The van der Waals surface area contributed by atoms with Gasteiger partial charge in [-0.2, -0.15) is 0 Å². The summed E-state index contributed by atoms with van der Waals surface area (Å²) in [5.41, 5.74) is -0.518. The molecule has 0 bridgehead atoms. The van der Waals surface area contributed by atoms with Gasteiger partial charge in [0.1, 0.15) is 11.9 Å². The Labute approximate surface area is 123 Å². The van der Waals surface area contributed by atoms with Crippen LogP contribution in [-0.4, -0.2) is 35.5 Å². The van der Waals surface area contributed by atoms with E-state index in [4.69, 9.17) is 4.74 Å². The molecule has 0 saturated heterocycles. The van der Waals surface area contributed by atoms with Crippen molar-refractivity contribution in [1.82, 2.24) is 4.90 Å². The Balaban J connectivity index is 5.06. The normalized spacial score (nSPS) is 13.4. The zero-order valence-electron chi connectivity index (χ0n) is 14.1. The molecule has 0 saturated carbocycles. The quantitative estimate of drug-likeness (QED) is 0.667. The van der Waals surface area contributed by atoms with Crippen LogP contribution in [0.15, 0.2) is 0 Å². The van der Waals surface area contributed by atoms with E-state index in [0.717, 1.165) is 12.7 Å². The van der Waals surface area contributed by atoms with Gasteiger partial charge in [0.2, 0.25) is 0 Å². The SMILES string of the molecule is CC(C)CC(CC=O)N(CC(C)C)C(=O)OC(C)(C)C. The summed E-state index contributed by atoms with van der Waals surface area (Å²) in [5, 5.41) is 0. The minimum absolute atomic E-state index is 0.0789. The van der Waals surface area contributed by atoms with Gasteiger partial charge in [-0.1, -0.05) is 27.7 Å². The molecule has 0 radical (unpaired) electrons. The predicted molar refractivity (Wildman–Crippen MR) is 81.7 cm³/mol. The molecule has 1 amide bonds. The highest BCUT2D eigenvalue weighted by Crippen LogP contribution is 2.19. The smallest absolute Gasteiger partial charge is 0.410 e. The van der Waals surface area contributed by atoms with Crippen molar-refractivity contribution in [2.45, 2.75) is 73.0 Å². The zero-order valence-corrected chi connectivity index (χ0v) is 14.1. The first kappa shape index (κ1) is 18.9. The van der Waals surface area contributed by atoms with E-state index in [2.05, 4.69) is 27.7 Å². The highest BCUT2D eigenvalue weighted by Gasteiger charge is 2.29. The summed E-state index contributed by atoms with van der Waals surface area (Å²) in [4.78, 5) is 25.0. The Hall–Kier alpha value is -1.06. The Morgan fingerprint density at radius 1 is 1.15 bits per heavy atom. The number of amides is 1. The molecular formula is C16H31NO3. The first-order valence-corrected chi connectivity index (χ1v) is 7.50. The number of hydrogen-bond donors (Lipinski definition) is 0. The van der Waals surface area contributed by atoms with E-state index in [0.29, 0.717) is 24.8 Å². The topological polar surface area (TPSA) is 46.6 Å². The maximum Gasteiger partial charge on any atom is 0.410 e. The summed E-state index contributed by atoms with van der Waals surface area (Å²) in [7, 11) is 0. The second kappa shape index (κ2) is 8.28. The van der Waals surface area contributed by atoms with Gasteiger partial charge in [-0.15, -0.1) is 0 Å². The van der Waals surface area contributed by atoms with Crippen molar-refractivity contribution in [1.29, 1.82) is 0 Å². The van der Waals surface area contributed by atoms with Crippen LogP contribution >= 0.6 is 0 Å². The fourth-order valence-electron chi connectivity index (χ4n) is 2.09. The van der Waals surface area contributed by atoms with E-state index in [9.17, 15) is 9.59 Å². The number of rotatable bonds is 7. The Kier molecular flexibility index (Phi) is 7.84. The second-order valence-electron chi connectivity index (χ2n) is 7.21. The van der Waals surface area contributed by atoms with Gasteiger partial charge in [-0.3, -0.25) is 0 Å². The summed E-state index contributed by atoms with van der Waals surface area (Å²) in [5.74, 6) is 0.765. The van der Waals surface area contributed by atoms with E-state index in [1.54, 1.807) is 4.90 Å². The van der Waals surface area contributed by atoms with Crippen LogP contribution in [-0.2, 0) is 9.53 Å². The molecule has 0 aliphatic carbocycles. The highest BCUT2D eigenvalue weighted by molar-refractivity contribution is 5.69. The monoisotopic (exact) mass is 285 g/mol. The summed E-state index contributed by atoms with van der Waals surface area (Å²) in [6.07, 6.45) is 1.75. The second-order valence-corrected chi connectivity index (χ2v) is 7.21. The Bertz CT molecular complexity index is 305. The summed E-state index contributed by atoms with van der Waals surface area (Å²) >= 11 is 0. The first-order valence-electron chi connectivity index (χ1n) is 7.50. The Morgan fingerprint density at radius 3 is 2.05 bits per heavy atom. The van der Waals surface area contributed by atoms with Crippen molar-refractivity contribution in [3.63, 3.8) is 0 Å². The van der Waals surface area contributed by atoms with Gasteiger partial charge in [0.25, 0.3) is 0 Å². The fraction of sp³-hybridized carbons (Fsp3) is 0.875. The number of nitrogens with zero attached hydrogens (tertiary/aromatic N) is 1. The third kappa shape index (κ3) is 8.18. The predicted octanol–water partition coefficient (Wildman–Crippen LogP) is 3.88. The van der Waals surface area contributed by atoms with Crippen molar-refractivity contribution in [3.05, 3.63) is 0 Å². The standard InChI is InChI=1S/C16H31NO3/c1-12(2)10-14(8-9-18)17(11-13(3)4)15(19)20-16(5,6)7/h9,12-14H,8,10-11H2,1-7H3. The van der Waals surface area contributed by atoms with Crippen LogP contribution in [0.3, 0.4) is 0 Å². The molecule has 0 aliphatic heterocycles. The molecule has 0 fully saturated rings. The molecule has 0 aliphatic rings. The third-order valence-corrected chi connectivity index (χ3v) is 2.74. The van der Waals surface area contributed by atoms with Gasteiger partial charge in [-0.25, -0.2) is 4.79 Å². The zero-order chi connectivity index (χ0) is 15.9. The lowest BCUT2D eigenvalue weighted by atomic mass is 9.99. The fourth-order valence-corrected chi connectivity index (χ4v) is 2.09. The molecule has 0 N–H and O–H groups in total. The lowest BCUT2D eigenvalue weighted by Crippen LogP contribution is -2.46. The molecule has 4 nitrogen and oxygen atoms in total. The maximum atomic E-state index is 12.4. The maximum absolute atomic E-state index is 12.4. The summed E-state index contributed by atoms with van der Waals surface area (Å²) in [6, 6.07) is -0.0789. The van der Waals surface area contributed by atoms with Crippen molar-refractivity contribution in [3.8, 4) is 0 Å². The van der Waals surface area contributed by atoms with Crippen LogP contribution in [0.1, 0.15) is 61.3 Å². The Morgan fingerprint density at radius 2 is 1.70 bits per heavy atom. The summed E-state index contributed by atoms with van der Waals surface area (Å²) in [6.45, 7) is 14.5. The van der Waals surface area contributed by atoms with E-state index in [1.807, 2.05) is 20.8 Å². The van der Waals surface area contributed by atoms with Crippen molar-refractivity contribution < 1.29 is 14.3 Å². The van der Waals surface area contributed by atoms with E-state index in [-0.39, 0.29) is 12.1 Å². The van der Waals surface area contributed by atoms with Crippen molar-refractivity contribution in [2.24, 2.45) is 11.8 Å². The molecule has 1 atom stereocenters. The number of ether oxygens (including phenoxy) is 1. The van der Waals surface area contributed by atoms with E-state index in [1.165, 1.54) is 0 Å². The molecular weight excluding hydrogens is 254 g/mol. The molecule has 0 spiro atoms. The number of hydrogen-bond acceptors (Lipinski definition) is 3. The highest BCUT2D eigenvalue weighted by atomic mass is 16.6. The molecule has 0 aromatic rings. The number of carbonyl (C=O) groups excluding carboxylic acids is 2. The molecule has 20 heavy (non-hydrogen) atoms. The van der Waals surface area contributed by atoms with E-state index >= 15 is 0 Å². The van der Waals surface area contributed by atoms with Crippen LogP contribution in [0.25, 0.3) is 0 Å². The van der Waals surface area contributed by atoms with Gasteiger partial charge < -0.3 is 14.4 Å². The molecule has 0 rings (SSSR count). The van der Waals surface area contributed by atoms with Crippen LogP contribution in [0.5, 0.6) is 0 Å². The van der Waals surface area contributed by atoms with Gasteiger partial charge >= 0.3 is 6.09 Å². The van der Waals surface area contributed by atoms with E-state index < -0.39 is 5.60 Å². The van der Waals surface area contributed by atoms with Gasteiger partial charge in [-0.05, 0) is 39.0 Å². The molecule has 118 valence electrons. The largest absolute Gasteiger partial charge is 0.444 e. The van der Waals surface area contributed by atoms with Gasteiger partial charge in [0, 0.05) is 19.0 Å². The molecule has 0 aromatic carbocycles. The van der Waals surface area contributed by atoms with Crippen molar-refractivity contribution in [2.75, 3.05) is 6.54 Å². The van der Waals surface area contributed by atoms with Crippen LogP contribution < -0.4 is 0 Å². The van der Waals surface area contributed by atoms with Crippen LogP contribution in [0.4, 0.5) is 4.79 Å². The lowest BCUT2D eigenvalue weighted by Gasteiger charge is -2.34. The molecule has 4 heteroatoms. The van der Waals surface area contributed by atoms with Gasteiger partial charge in [0.15, 0.2) is 0 Å². The van der Waals surface area contributed by atoms with Crippen molar-refractivity contribution >= 4 is 12.4 Å². The minimum Gasteiger partial charge on any atom is -0.444 e. The summed E-state index contributed by atoms with van der Waals surface area (Å²) < 4.78 is 5.48. The average Bonchev–Trinajstić information content (AvgIpc) is 2.21. The molecule has 0 aromatic heterocycles. The van der Waals surface area contributed by atoms with Gasteiger partial charge in [0.05, 0.1) is 0 Å². The molecule has 0 heterocycles. The minimum atomic E-state index is -0.518. The van der Waals surface area contributed by atoms with Crippen LogP contribution in [0, 0.1) is 11.8 Å². The van der Waals surface area contributed by atoms with Crippen LogP contribution in [0.2, 0.25) is 0 Å². The number of aldehydes is 1. The lowest BCUT2D eigenvalue weighted by molar-refractivity contribution is -0.109. The number of carbonyl (C=O) groups is 2. The average molecular weight is 285 g/mol. The first-order chi connectivity index (χ1) is 9.06.